The number of Topliss-reactive ketones (excluding diaryl/α,β-unsaturated/α-hetero) is 1. The highest BCUT2D eigenvalue weighted by Gasteiger charge is 2.32. The van der Waals surface area contributed by atoms with Crippen LogP contribution in [0.3, 0.4) is 0 Å². The minimum Gasteiger partial charge on any atom is -0.494 e. The second-order valence-corrected chi connectivity index (χ2v) is 8.43. The molecule has 1 aliphatic heterocycles. The van der Waals surface area contributed by atoms with E-state index in [4.69, 9.17) is 4.74 Å². The largest absolute Gasteiger partial charge is 0.494 e. The average molecular weight is 470 g/mol. The van der Waals surface area contributed by atoms with Gasteiger partial charge < -0.3 is 14.7 Å². The van der Waals surface area contributed by atoms with Gasteiger partial charge in [0.25, 0.3) is 5.91 Å². The number of fused-ring (bicyclic) bond motifs is 1. The third kappa shape index (κ3) is 5.17. The van der Waals surface area contributed by atoms with Crippen LogP contribution in [0.2, 0.25) is 0 Å². The van der Waals surface area contributed by atoms with Gasteiger partial charge in [-0.15, -0.1) is 0 Å². The van der Waals surface area contributed by atoms with Crippen LogP contribution in [-0.2, 0) is 4.79 Å². The van der Waals surface area contributed by atoms with Crippen molar-refractivity contribution >= 4 is 23.4 Å². The van der Waals surface area contributed by atoms with Crippen molar-refractivity contribution in [2.75, 3.05) is 13.2 Å². The summed E-state index contributed by atoms with van der Waals surface area (Å²) in [6, 6.07) is 22.0. The van der Waals surface area contributed by atoms with Crippen LogP contribution in [0.4, 0.5) is 0 Å². The third-order valence-corrected chi connectivity index (χ3v) is 6.23. The lowest BCUT2D eigenvalue weighted by Gasteiger charge is -2.20. The minimum atomic E-state index is -1.06. The number of carboxylic acid groups (broad SMARTS) is 1. The molecular weight excluding hydrogens is 442 g/mol. The first kappa shape index (κ1) is 24.0. The van der Waals surface area contributed by atoms with Crippen molar-refractivity contribution in [3.05, 3.63) is 96.1 Å². The Hall–Kier alpha value is -4.19. The van der Waals surface area contributed by atoms with Gasteiger partial charge in [-0.25, -0.2) is 0 Å². The molecule has 0 aromatic heterocycles. The highest BCUT2D eigenvalue weighted by atomic mass is 16.5. The van der Waals surface area contributed by atoms with Gasteiger partial charge in [0.2, 0.25) is 0 Å². The van der Waals surface area contributed by atoms with Crippen molar-refractivity contribution in [1.29, 1.82) is 0 Å². The van der Waals surface area contributed by atoms with E-state index in [0.717, 1.165) is 22.4 Å². The summed E-state index contributed by atoms with van der Waals surface area (Å²) in [6.45, 7) is 6.71. The van der Waals surface area contributed by atoms with Crippen LogP contribution in [0.15, 0.2) is 79.4 Å². The molecule has 0 aliphatic carbocycles. The fourth-order valence-electron chi connectivity index (χ4n) is 4.27. The number of benzene rings is 3. The van der Waals surface area contributed by atoms with Gasteiger partial charge in [0, 0.05) is 35.4 Å². The van der Waals surface area contributed by atoms with Crippen LogP contribution < -0.4 is 4.74 Å². The molecule has 1 atom stereocenters. The molecule has 1 unspecified atom stereocenters. The number of nitrogens with zero attached hydrogens (tertiary/aromatic N) is 1. The Morgan fingerprint density at radius 2 is 1.54 bits per heavy atom. The average Bonchev–Trinajstić information content (AvgIpc) is 3.12. The van der Waals surface area contributed by atoms with Crippen LogP contribution in [0.25, 0.3) is 16.8 Å². The summed E-state index contributed by atoms with van der Waals surface area (Å²) in [4.78, 5) is 38.9. The molecule has 1 heterocycles. The Kier molecular flexibility index (Phi) is 7.11. The number of rotatable bonds is 10. The second kappa shape index (κ2) is 10.4. The topological polar surface area (TPSA) is 83.9 Å². The Labute approximate surface area is 204 Å². The molecule has 178 valence electrons. The Bertz CT molecular complexity index is 1230. The number of carbonyl (C=O) groups excluding carboxylic acids is 2. The maximum absolute atomic E-state index is 12.8. The van der Waals surface area contributed by atoms with Crippen molar-refractivity contribution in [3.63, 3.8) is 0 Å². The molecular formula is C29H27NO5. The number of amides is 1. The SMILES string of the molecule is C=C1c2ccccc2C(=O)N1CCC(CC(=O)c1ccc(-c2ccc(OCC)cc2)cc1)C(=O)O. The molecule has 0 spiro atoms. The first-order valence-electron chi connectivity index (χ1n) is 11.6. The van der Waals surface area contributed by atoms with Crippen molar-refractivity contribution in [2.24, 2.45) is 5.92 Å². The number of hydrogen-bond acceptors (Lipinski definition) is 4. The molecule has 35 heavy (non-hydrogen) atoms. The molecule has 1 amide bonds. The lowest BCUT2D eigenvalue weighted by Crippen LogP contribution is -2.28. The van der Waals surface area contributed by atoms with Crippen LogP contribution in [0.5, 0.6) is 5.75 Å². The Morgan fingerprint density at radius 3 is 2.11 bits per heavy atom. The number of carbonyl (C=O) groups is 3. The summed E-state index contributed by atoms with van der Waals surface area (Å²) >= 11 is 0. The molecule has 0 fully saturated rings. The lowest BCUT2D eigenvalue weighted by molar-refractivity contribution is -0.141. The van der Waals surface area contributed by atoms with Gasteiger partial charge in [-0.05, 0) is 42.7 Å². The van der Waals surface area contributed by atoms with E-state index in [0.29, 0.717) is 23.4 Å². The molecule has 0 saturated carbocycles. The fourth-order valence-corrected chi connectivity index (χ4v) is 4.27. The van der Waals surface area contributed by atoms with Crippen molar-refractivity contribution in [2.45, 2.75) is 19.8 Å². The zero-order valence-corrected chi connectivity index (χ0v) is 19.6. The normalized spacial score (nSPS) is 13.5. The zero-order chi connectivity index (χ0) is 24.9. The smallest absolute Gasteiger partial charge is 0.307 e. The van der Waals surface area contributed by atoms with Crippen molar-refractivity contribution in [1.82, 2.24) is 4.90 Å². The van der Waals surface area contributed by atoms with E-state index in [9.17, 15) is 19.5 Å². The maximum atomic E-state index is 12.8. The van der Waals surface area contributed by atoms with E-state index in [1.807, 2.05) is 55.5 Å². The van der Waals surface area contributed by atoms with Crippen LogP contribution in [0.1, 0.15) is 46.0 Å². The zero-order valence-electron chi connectivity index (χ0n) is 19.6. The highest BCUT2D eigenvalue weighted by molar-refractivity contribution is 6.08. The van der Waals surface area contributed by atoms with E-state index < -0.39 is 11.9 Å². The van der Waals surface area contributed by atoms with Crippen LogP contribution in [0, 0.1) is 5.92 Å². The second-order valence-electron chi connectivity index (χ2n) is 8.43. The molecule has 1 aliphatic rings. The highest BCUT2D eigenvalue weighted by Crippen LogP contribution is 2.32. The molecule has 3 aromatic carbocycles. The van der Waals surface area contributed by atoms with Crippen molar-refractivity contribution in [3.8, 4) is 16.9 Å². The Balaban J connectivity index is 1.39. The van der Waals surface area contributed by atoms with E-state index in [1.54, 1.807) is 24.3 Å². The quantitative estimate of drug-likeness (QED) is 0.394. The molecule has 4 rings (SSSR count). The summed E-state index contributed by atoms with van der Waals surface area (Å²) in [5.41, 5.74) is 4.28. The van der Waals surface area contributed by atoms with Gasteiger partial charge in [0.05, 0.1) is 12.5 Å². The van der Waals surface area contributed by atoms with Gasteiger partial charge in [0.1, 0.15) is 5.75 Å². The number of ketones is 1. The lowest BCUT2D eigenvalue weighted by atomic mass is 9.94. The van der Waals surface area contributed by atoms with Gasteiger partial charge in [-0.3, -0.25) is 14.4 Å². The van der Waals surface area contributed by atoms with Crippen LogP contribution >= 0.6 is 0 Å². The summed E-state index contributed by atoms with van der Waals surface area (Å²) < 4.78 is 5.46. The standard InChI is InChI=1S/C29H27NO5/c1-3-35-24-14-12-21(13-15-24)20-8-10-22(11-9-20)27(31)18-23(29(33)34)16-17-30-19(2)25-6-4-5-7-26(25)28(30)32/h4-15,23H,2-3,16-18H2,1H3,(H,33,34). The molecule has 0 saturated heterocycles. The van der Waals surface area contributed by atoms with E-state index >= 15 is 0 Å². The minimum absolute atomic E-state index is 0.140. The molecule has 6 heteroatoms. The summed E-state index contributed by atoms with van der Waals surface area (Å²) in [6.07, 6.45) is 0.0171. The number of aliphatic carboxylic acids is 1. The molecule has 3 aromatic rings. The third-order valence-electron chi connectivity index (χ3n) is 6.23. The number of carboxylic acids is 1. The van der Waals surface area contributed by atoms with Crippen LogP contribution in [-0.4, -0.2) is 40.8 Å². The van der Waals surface area contributed by atoms with Gasteiger partial charge in [-0.1, -0.05) is 61.2 Å². The van der Waals surface area contributed by atoms with E-state index in [1.165, 1.54) is 4.90 Å². The molecule has 1 N–H and O–H groups in total. The fraction of sp³-hybridized carbons (Fsp3) is 0.207. The Morgan fingerprint density at radius 1 is 0.943 bits per heavy atom. The summed E-state index contributed by atoms with van der Waals surface area (Å²) in [5.74, 6) is -1.60. The molecule has 0 bridgehead atoms. The monoisotopic (exact) mass is 469 g/mol. The number of hydrogen-bond donors (Lipinski definition) is 1. The summed E-state index contributed by atoms with van der Waals surface area (Å²) in [7, 11) is 0. The molecule has 6 nitrogen and oxygen atoms in total. The number of ether oxygens (including phenoxy) is 1. The summed E-state index contributed by atoms with van der Waals surface area (Å²) in [5, 5.41) is 9.71. The first-order valence-corrected chi connectivity index (χ1v) is 11.6. The van der Waals surface area contributed by atoms with Gasteiger partial charge in [0.15, 0.2) is 5.78 Å². The molecule has 0 radical (unpaired) electrons. The van der Waals surface area contributed by atoms with Gasteiger partial charge in [-0.2, -0.15) is 0 Å². The van der Waals surface area contributed by atoms with E-state index in [-0.39, 0.29) is 31.1 Å². The maximum Gasteiger partial charge on any atom is 0.307 e. The van der Waals surface area contributed by atoms with E-state index in [2.05, 4.69) is 6.58 Å². The van der Waals surface area contributed by atoms with Crippen molar-refractivity contribution < 1.29 is 24.2 Å². The predicted octanol–water partition coefficient (Wildman–Crippen LogP) is 5.54. The van der Waals surface area contributed by atoms with Gasteiger partial charge >= 0.3 is 5.97 Å². The predicted molar refractivity (Wildman–Crippen MR) is 134 cm³/mol. The first-order chi connectivity index (χ1) is 16.9.